The van der Waals surface area contributed by atoms with Crippen LogP contribution in [0.3, 0.4) is 0 Å². The number of carbonyl (C=O) groups is 1. The minimum atomic E-state index is -1.07. The summed E-state index contributed by atoms with van der Waals surface area (Å²) in [5, 5.41) is 20.1. The number of anilines is 2. The number of carboxylic acid groups (broad SMARTS) is 1. The quantitative estimate of drug-likeness (QED) is 0.578. The van der Waals surface area contributed by atoms with Gasteiger partial charge in [-0.25, -0.2) is 9.42 Å². The maximum absolute atomic E-state index is 11.3. The van der Waals surface area contributed by atoms with Gasteiger partial charge in [-0.3, -0.25) is 0 Å². The van der Waals surface area contributed by atoms with Crippen molar-refractivity contribution in [2.24, 2.45) is 0 Å². The van der Waals surface area contributed by atoms with E-state index in [1.807, 2.05) is 54.6 Å². The molecule has 0 aliphatic carbocycles. The molecule has 0 saturated heterocycles. The molecule has 122 valence electrons. The number of aromatic nitrogens is 2. The van der Waals surface area contributed by atoms with Gasteiger partial charge in [0.1, 0.15) is 0 Å². The Balaban J connectivity index is 1.80. The molecule has 3 aromatic carbocycles. The third kappa shape index (κ3) is 2.70. The molecule has 6 heteroatoms. The van der Waals surface area contributed by atoms with Gasteiger partial charge >= 0.3 is 5.97 Å². The van der Waals surface area contributed by atoms with Crippen LogP contribution in [0.5, 0.6) is 0 Å². The molecule has 4 rings (SSSR count). The summed E-state index contributed by atoms with van der Waals surface area (Å²) in [5.74, 6) is -1.07. The first-order valence-electron chi connectivity index (χ1n) is 7.64. The highest BCUT2D eigenvalue weighted by Gasteiger charge is 2.17. The second-order valence-corrected chi connectivity index (χ2v) is 5.46. The lowest BCUT2D eigenvalue weighted by Gasteiger charge is -2.12. The molecule has 0 aliphatic heterocycles. The SMILES string of the molecule is O=C(O)c1ccc(Nc2ccccc2-c2ccccc2)c2nonc12. The highest BCUT2D eigenvalue weighted by Crippen LogP contribution is 2.32. The lowest BCUT2D eigenvalue weighted by Crippen LogP contribution is -2.00. The first-order chi connectivity index (χ1) is 12.2. The third-order valence-corrected chi connectivity index (χ3v) is 3.93. The Bertz CT molecular complexity index is 1060. The summed E-state index contributed by atoms with van der Waals surface area (Å²) in [4.78, 5) is 11.3. The number of para-hydroxylation sites is 1. The molecule has 0 aliphatic rings. The molecule has 0 atom stereocenters. The van der Waals surface area contributed by atoms with Gasteiger partial charge in [-0.05, 0) is 34.1 Å². The van der Waals surface area contributed by atoms with Gasteiger partial charge in [-0.2, -0.15) is 0 Å². The van der Waals surface area contributed by atoms with Crippen LogP contribution in [0.15, 0.2) is 71.4 Å². The van der Waals surface area contributed by atoms with Gasteiger partial charge in [0, 0.05) is 11.3 Å². The third-order valence-electron chi connectivity index (χ3n) is 3.93. The number of nitrogens with one attached hydrogen (secondary N) is 1. The predicted octanol–water partition coefficient (Wildman–Crippen LogP) is 4.33. The van der Waals surface area contributed by atoms with E-state index in [0.717, 1.165) is 16.8 Å². The maximum Gasteiger partial charge on any atom is 0.338 e. The average molecular weight is 331 g/mol. The van der Waals surface area contributed by atoms with Gasteiger partial charge in [0.05, 0.1) is 11.3 Å². The summed E-state index contributed by atoms with van der Waals surface area (Å²) in [6.45, 7) is 0. The smallest absolute Gasteiger partial charge is 0.338 e. The molecule has 1 heterocycles. The number of hydrogen-bond donors (Lipinski definition) is 2. The summed E-state index contributed by atoms with van der Waals surface area (Å²) in [6.07, 6.45) is 0. The summed E-state index contributed by atoms with van der Waals surface area (Å²) in [6, 6.07) is 21.0. The van der Waals surface area contributed by atoms with Gasteiger partial charge in [0.2, 0.25) is 0 Å². The Morgan fingerprint density at radius 1 is 0.840 bits per heavy atom. The van der Waals surface area contributed by atoms with Crippen LogP contribution < -0.4 is 5.32 Å². The van der Waals surface area contributed by atoms with Crippen molar-refractivity contribution in [3.63, 3.8) is 0 Å². The fourth-order valence-electron chi connectivity index (χ4n) is 2.75. The number of fused-ring (bicyclic) bond motifs is 1. The summed E-state index contributed by atoms with van der Waals surface area (Å²) < 4.78 is 4.75. The van der Waals surface area contributed by atoms with E-state index in [0.29, 0.717) is 11.2 Å². The van der Waals surface area contributed by atoms with Gasteiger partial charge in [-0.1, -0.05) is 48.5 Å². The fourth-order valence-corrected chi connectivity index (χ4v) is 2.75. The Morgan fingerprint density at radius 3 is 2.36 bits per heavy atom. The molecule has 0 unspecified atom stereocenters. The van der Waals surface area contributed by atoms with Crippen molar-refractivity contribution in [2.75, 3.05) is 5.32 Å². The summed E-state index contributed by atoms with van der Waals surface area (Å²) in [7, 11) is 0. The van der Waals surface area contributed by atoms with Crippen LogP contribution in [0.25, 0.3) is 22.2 Å². The van der Waals surface area contributed by atoms with E-state index < -0.39 is 5.97 Å². The summed E-state index contributed by atoms with van der Waals surface area (Å²) >= 11 is 0. The minimum Gasteiger partial charge on any atom is -0.478 e. The molecule has 0 amide bonds. The normalized spacial score (nSPS) is 10.7. The van der Waals surface area contributed by atoms with Crippen molar-refractivity contribution >= 4 is 28.4 Å². The molecule has 0 bridgehead atoms. The largest absolute Gasteiger partial charge is 0.478 e. The minimum absolute atomic E-state index is 0.0538. The zero-order chi connectivity index (χ0) is 17.2. The number of benzene rings is 3. The Morgan fingerprint density at radius 2 is 1.56 bits per heavy atom. The molecule has 4 aromatic rings. The highest BCUT2D eigenvalue weighted by atomic mass is 16.6. The Kier molecular flexibility index (Phi) is 3.63. The molecule has 2 N–H and O–H groups in total. The van der Waals surface area contributed by atoms with Crippen LogP contribution in [0.1, 0.15) is 10.4 Å². The Labute approximate surface area is 142 Å². The number of hydrogen-bond acceptors (Lipinski definition) is 5. The van der Waals surface area contributed by atoms with Gasteiger partial charge in [-0.15, -0.1) is 0 Å². The highest BCUT2D eigenvalue weighted by molar-refractivity contribution is 6.05. The van der Waals surface area contributed by atoms with Crippen LogP contribution in [-0.2, 0) is 0 Å². The van der Waals surface area contributed by atoms with Crippen LogP contribution in [-0.4, -0.2) is 21.4 Å². The summed E-state index contributed by atoms with van der Waals surface area (Å²) in [5.41, 5.74) is 4.25. The van der Waals surface area contributed by atoms with Crippen molar-refractivity contribution < 1.29 is 14.5 Å². The predicted molar refractivity (Wildman–Crippen MR) is 93.9 cm³/mol. The molecule has 1 aromatic heterocycles. The maximum atomic E-state index is 11.3. The van der Waals surface area contributed by atoms with Crippen molar-refractivity contribution in [2.45, 2.75) is 0 Å². The monoisotopic (exact) mass is 331 g/mol. The van der Waals surface area contributed by atoms with Crippen LogP contribution in [0.4, 0.5) is 11.4 Å². The zero-order valence-corrected chi connectivity index (χ0v) is 13.0. The van der Waals surface area contributed by atoms with Crippen LogP contribution in [0.2, 0.25) is 0 Å². The van der Waals surface area contributed by atoms with Gasteiger partial charge < -0.3 is 10.4 Å². The van der Waals surface area contributed by atoms with Crippen molar-refractivity contribution in [1.82, 2.24) is 10.3 Å². The number of rotatable bonds is 4. The number of carboxylic acids is 1. The van der Waals surface area contributed by atoms with Gasteiger partial charge in [0.15, 0.2) is 11.0 Å². The Hall–Kier alpha value is -3.67. The van der Waals surface area contributed by atoms with Gasteiger partial charge in [0.25, 0.3) is 0 Å². The van der Waals surface area contributed by atoms with Crippen molar-refractivity contribution in [1.29, 1.82) is 0 Å². The van der Waals surface area contributed by atoms with E-state index in [9.17, 15) is 9.90 Å². The van der Waals surface area contributed by atoms with E-state index in [1.165, 1.54) is 6.07 Å². The van der Waals surface area contributed by atoms with Crippen molar-refractivity contribution in [3.05, 3.63) is 72.3 Å². The molecular formula is C19H13N3O3. The standard InChI is InChI=1S/C19H13N3O3/c23-19(24)14-10-11-16(18-17(14)21-25-22-18)20-15-9-5-4-8-13(15)12-6-2-1-3-7-12/h1-11,20H,(H,23,24). The van der Waals surface area contributed by atoms with Crippen LogP contribution >= 0.6 is 0 Å². The molecule has 0 spiro atoms. The fraction of sp³-hybridized carbons (Fsp3) is 0. The molecule has 6 nitrogen and oxygen atoms in total. The zero-order valence-electron chi connectivity index (χ0n) is 13.0. The van der Waals surface area contributed by atoms with E-state index >= 15 is 0 Å². The molecule has 0 saturated carbocycles. The van der Waals surface area contributed by atoms with E-state index in [4.69, 9.17) is 4.63 Å². The lowest BCUT2D eigenvalue weighted by atomic mass is 10.0. The first-order valence-corrected chi connectivity index (χ1v) is 7.64. The topological polar surface area (TPSA) is 88.2 Å². The molecule has 0 radical (unpaired) electrons. The number of aromatic carboxylic acids is 1. The van der Waals surface area contributed by atoms with Crippen molar-refractivity contribution in [3.8, 4) is 11.1 Å². The van der Waals surface area contributed by atoms with E-state index in [-0.39, 0.29) is 11.1 Å². The second kappa shape index (κ2) is 6.09. The molecular weight excluding hydrogens is 318 g/mol. The van der Waals surface area contributed by atoms with E-state index in [2.05, 4.69) is 15.6 Å². The molecule has 25 heavy (non-hydrogen) atoms. The second-order valence-electron chi connectivity index (χ2n) is 5.46. The van der Waals surface area contributed by atoms with E-state index in [1.54, 1.807) is 6.07 Å². The lowest BCUT2D eigenvalue weighted by molar-refractivity contribution is 0.0698. The average Bonchev–Trinajstić information content (AvgIpc) is 3.13. The molecule has 0 fully saturated rings. The number of nitrogens with zero attached hydrogens (tertiary/aromatic N) is 2. The first kappa shape index (κ1) is 14.9. The van der Waals surface area contributed by atoms with Crippen LogP contribution in [0, 0.1) is 0 Å².